The van der Waals surface area contributed by atoms with Crippen LogP contribution in [0.25, 0.3) is 0 Å². The van der Waals surface area contributed by atoms with Gasteiger partial charge in [0.1, 0.15) is 0 Å². The van der Waals surface area contributed by atoms with Crippen LogP contribution < -0.4 is 5.32 Å². The maximum Gasteiger partial charge on any atom is 0.0740 e. The van der Waals surface area contributed by atoms with Crippen molar-refractivity contribution in [3.63, 3.8) is 0 Å². The Labute approximate surface area is 87.5 Å². The van der Waals surface area contributed by atoms with E-state index in [2.05, 4.69) is 10.2 Å². The van der Waals surface area contributed by atoms with Crippen LogP contribution >= 0.6 is 0 Å². The van der Waals surface area contributed by atoms with Crippen molar-refractivity contribution in [2.75, 3.05) is 32.7 Å². The van der Waals surface area contributed by atoms with Crippen molar-refractivity contribution in [3.8, 4) is 0 Å². The number of rotatable bonds is 6. The number of hydrogen-bond acceptors (Lipinski definition) is 3. The van der Waals surface area contributed by atoms with Crippen molar-refractivity contribution in [3.05, 3.63) is 0 Å². The molecule has 1 fully saturated rings. The minimum atomic E-state index is -0.537. The first-order valence-electron chi connectivity index (χ1n) is 5.79. The van der Waals surface area contributed by atoms with Gasteiger partial charge in [-0.25, -0.2) is 0 Å². The molecule has 1 heterocycles. The molecule has 0 aromatic carbocycles. The van der Waals surface area contributed by atoms with Crippen molar-refractivity contribution in [2.24, 2.45) is 0 Å². The van der Waals surface area contributed by atoms with Crippen LogP contribution in [0.1, 0.15) is 33.1 Å². The minimum absolute atomic E-state index is 0.537. The second-order valence-electron chi connectivity index (χ2n) is 4.58. The SMILES string of the molecule is CCC(C)(O)CNCCN1CCCC1. The summed E-state index contributed by atoms with van der Waals surface area (Å²) in [6.07, 6.45) is 3.52. The van der Waals surface area contributed by atoms with Gasteiger partial charge in [0.25, 0.3) is 0 Å². The lowest BCUT2D eigenvalue weighted by atomic mass is 10.0. The summed E-state index contributed by atoms with van der Waals surface area (Å²) in [5.41, 5.74) is -0.537. The highest BCUT2D eigenvalue weighted by atomic mass is 16.3. The largest absolute Gasteiger partial charge is 0.389 e. The zero-order chi connectivity index (χ0) is 10.4. The van der Waals surface area contributed by atoms with Gasteiger partial charge < -0.3 is 15.3 Å². The van der Waals surface area contributed by atoms with E-state index in [0.717, 1.165) is 19.5 Å². The van der Waals surface area contributed by atoms with Gasteiger partial charge in [-0.2, -0.15) is 0 Å². The molecule has 1 rings (SSSR count). The molecule has 0 aliphatic carbocycles. The van der Waals surface area contributed by atoms with Gasteiger partial charge in [-0.15, -0.1) is 0 Å². The van der Waals surface area contributed by atoms with Crippen molar-refractivity contribution in [1.29, 1.82) is 0 Å². The first-order valence-corrected chi connectivity index (χ1v) is 5.79. The van der Waals surface area contributed by atoms with Gasteiger partial charge in [0.05, 0.1) is 5.60 Å². The number of likely N-dealkylation sites (tertiary alicyclic amines) is 1. The predicted molar refractivity (Wildman–Crippen MR) is 59.5 cm³/mol. The fourth-order valence-electron chi connectivity index (χ4n) is 1.73. The zero-order valence-corrected chi connectivity index (χ0v) is 9.55. The first kappa shape index (κ1) is 12.0. The maximum atomic E-state index is 9.74. The van der Waals surface area contributed by atoms with Crippen molar-refractivity contribution in [1.82, 2.24) is 10.2 Å². The van der Waals surface area contributed by atoms with Crippen LogP contribution in [-0.4, -0.2) is 48.3 Å². The summed E-state index contributed by atoms with van der Waals surface area (Å²) in [7, 11) is 0. The van der Waals surface area contributed by atoms with Crippen LogP contribution in [0.15, 0.2) is 0 Å². The van der Waals surface area contributed by atoms with Gasteiger partial charge in [-0.3, -0.25) is 0 Å². The average Bonchev–Trinajstić information content (AvgIpc) is 2.65. The van der Waals surface area contributed by atoms with Gasteiger partial charge >= 0.3 is 0 Å². The summed E-state index contributed by atoms with van der Waals surface area (Å²) in [5, 5.41) is 13.1. The quantitative estimate of drug-likeness (QED) is 0.624. The summed E-state index contributed by atoms with van der Waals surface area (Å²) < 4.78 is 0. The van der Waals surface area contributed by atoms with Crippen LogP contribution in [0.2, 0.25) is 0 Å². The van der Waals surface area contributed by atoms with E-state index in [4.69, 9.17) is 0 Å². The molecule has 0 radical (unpaired) electrons. The van der Waals surface area contributed by atoms with Crippen molar-refractivity contribution >= 4 is 0 Å². The lowest BCUT2D eigenvalue weighted by molar-refractivity contribution is 0.0555. The standard InChI is InChI=1S/C11H24N2O/c1-3-11(2,14)10-12-6-9-13-7-4-5-8-13/h12,14H,3-10H2,1-2H3. The molecule has 1 saturated heterocycles. The highest BCUT2D eigenvalue weighted by molar-refractivity contribution is 4.74. The third-order valence-corrected chi connectivity index (χ3v) is 3.07. The van der Waals surface area contributed by atoms with Crippen LogP contribution in [0, 0.1) is 0 Å². The lowest BCUT2D eigenvalue weighted by Gasteiger charge is -2.22. The van der Waals surface area contributed by atoms with E-state index in [1.165, 1.54) is 25.9 Å². The third kappa shape index (κ3) is 4.40. The van der Waals surface area contributed by atoms with Gasteiger partial charge in [0.15, 0.2) is 0 Å². The predicted octanol–water partition coefficient (Wildman–Crippen LogP) is 0.833. The molecule has 0 amide bonds. The summed E-state index contributed by atoms with van der Waals surface area (Å²) in [6, 6.07) is 0. The molecular formula is C11H24N2O. The van der Waals surface area contributed by atoms with Gasteiger partial charge in [0, 0.05) is 19.6 Å². The second-order valence-corrected chi connectivity index (χ2v) is 4.58. The van der Waals surface area contributed by atoms with E-state index < -0.39 is 5.60 Å². The minimum Gasteiger partial charge on any atom is -0.389 e. The Hall–Kier alpha value is -0.120. The number of hydrogen-bond donors (Lipinski definition) is 2. The van der Waals surface area contributed by atoms with Crippen LogP contribution in [0.4, 0.5) is 0 Å². The van der Waals surface area contributed by atoms with E-state index in [-0.39, 0.29) is 0 Å². The first-order chi connectivity index (χ1) is 6.64. The lowest BCUT2D eigenvalue weighted by Crippen LogP contribution is -2.40. The Bertz CT molecular complexity index is 153. The molecule has 14 heavy (non-hydrogen) atoms. The molecule has 1 aliphatic rings. The molecule has 0 bridgehead atoms. The third-order valence-electron chi connectivity index (χ3n) is 3.07. The Morgan fingerprint density at radius 1 is 1.36 bits per heavy atom. The summed E-state index contributed by atoms with van der Waals surface area (Å²) in [6.45, 7) is 9.24. The molecule has 1 atom stereocenters. The highest BCUT2D eigenvalue weighted by Gasteiger charge is 2.16. The molecule has 0 spiro atoms. The van der Waals surface area contributed by atoms with E-state index in [9.17, 15) is 5.11 Å². The molecule has 3 nitrogen and oxygen atoms in total. The Kier molecular flexibility index (Phi) is 4.85. The molecule has 84 valence electrons. The van der Waals surface area contributed by atoms with E-state index in [1.807, 2.05) is 13.8 Å². The summed E-state index contributed by atoms with van der Waals surface area (Å²) in [5.74, 6) is 0. The monoisotopic (exact) mass is 200 g/mol. The van der Waals surface area contributed by atoms with Crippen molar-refractivity contribution < 1.29 is 5.11 Å². The number of nitrogens with one attached hydrogen (secondary N) is 1. The smallest absolute Gasteiger partial charge is 0.0740 e. The maximum absolute atomic E-state index is 9.74. The Morgan fingerprint density at radius 2 is 2.00 bits per heavy atom. The Balaban J connectivity index is 1.98. The second kappa shape index (κ2) is 5.69. The molecule has 3 heteroatoms. The molecule has 0 aromatic heterocycles. The molecule has 1 aliphatic heterocycles. The molecule has 2 N–H and O–H groups in total. The molecule has 1 unspecified atom stereocenters. The van der Waals surface area contributed by atoms with E-state index >= 15 is 0 Å². The van der Waals surface area contributed by atoms with E-state index in [1.54, 1.807) is 0 Å². The molecular weight excluding hydrogens is 176 g/mol. The summed E-state index contributed by atoms with van der Waals surface area (Å²) in [4.78, 5) is 2.48. The fraction of sp³-hybridized carbons (Fsp3) is 1.00. The molecule has 0 saturated carbocycles. The number of nitrogens with zero attached hydrogens (tertiary/aromatic N) is 1. The van der Waals surface area contributed by atoms with E-state index in [0.29, 0.717) is 6.54 Å². The molecule has 0 aromatic rings. The van der Waals surface area contributed by atoms with Crippen molar-refractivity contribution in [2.45, 2.75) is 38.7 Å². The van der Waals surface area contributed by atoms with Gasteiger partial charge in [0.2, 0.25) is 0 Å². The average molecular weight is 200 g/mol. The topological polar surface area (TPSA) is 35.5 Å². The zero-order valence-electron chi connectivity index (χ0n) is 9.55. The normalized spacial score (nSPS) is 22.5. The number of aliphatic hydroxyl groups is 1. The van der Waals surface area contributed by atoms with Crippen LogP contribution in [-0.2, 0) is 0 Å². The fourth-order valence-corrected chi connectivity index (χ4v) is 1.73. The highest BCUT2D eigenvalue weighted by Crippen LogP contribution is 2.07. The van der Waals surface area contributed by atoms with Gasteiger partial charge in [-0.05, 0) is 39.3 Å². The Morgan fingerprint density at radius 3 is 2.57 bits per heavy atom. The van der Waals surface area contributed by atoms with Gasteiger partial charge in [-0.1, -0.05) is 6.92 Å². The van der Waals surface area contributed by atoms with Crippen LogP contribution in [0.5, 0.6) is 0 Å². The van der Waals surface area contributed by atoms with Crippen LogP contribution in [0.3, 0.4) is 0 Å². The summed E-state index contributed by atoms with van der Waals surface area (Å²) >= 11 is 0.